The predicted molar refractivity (Wildman–Crippen MR) is 89.4 cm³/mol. The van der Waals surface area contributed by atoms with Gasteiger partial charge in [0.1, 0.15) is 5.75 Å². The molecule has 1 aromatic rings. The van der Waals surface area contributed by atoms with E-state index in [1.807, 2.05) is 6.92 Å². The van der Waals surface area contributed by atoms with Crippen LogP contribution < -0.4 is 10.1 Å². The van der Waals surface area contributed by atoms with E-state index in [1.54, 1.807) is 13.0 Å². The number of aryl methyl sites for hydroxylation is 1. The zero-order valence-corrected chi connectivity index (χ0v) is 15.2. The third-order valence-corrected chi connectivity index (χ3v) is 8.20. The van der Waals surface area contributed by atoms with Crippen molar-refractivity contribution >= 4 is 19.7 Å². The van der Waals surface area contributed by atoms with Gasteiger partial charge < -0.3 is 10.1 Å². The Hall–Kier alpha value is -1.12. The van der Waals surface area contributed by atoms with Gasteiger partial charge in [0, 0.05) is 6.04 Å². The summed E-state index contributed by atoms with van der Waals surface area (Å²) in [7, 11) is -5.57. The summed E-state index contributed by atoms with van der Waals surface area (Å²) < 4.78 is 54.8. The molecule has 0 saturated carbocycles. The number of hydrogen-bond acceptors (Lipinski definition) is 6. The maximum absolute atomic E-state index is 12.9. The van der Waals surface area contributed by atoms with Crippen molar-refractivity contribution in [3.8, 4) is 5.75 Å². The van der Waals surface area contributed by atoms with Crippen LogP contribution in [0.5, 0.6) is 5.75 Å². The molecule has 0 bridgehead atoms. The van der Waals surface area contributed by atoms with Crippen LogP contribution in [0.4, 0.5) is 0 Å². The lowest BCUT2D eigenvalue weighted by Gasteiger charge is -2.20. The van der Waals surface area contributed by atoms with Crippen molar-refractivity contribution in [2.45, 2.75) is 36.5 Å². The van der Waals surface area contributed by atoms with E-state index in [1.165, 1.54) is 19.2 Å². The van der Waals surface area contributed by atoms with Gasteiger partial charge >= 0.3 is 0 Å². The van der Waals surface area contributed by atoms with Gasteiger partial charge in [-0.25, -0.2) is 16.8 Å². The summed E-state index contributed by atoms with van der Waals surface area (Å²) in [5.74, 6) is 0.136. The summed E-state index contributed by atoms with van der Waals surface area (Å²) in [5.41, 5.74) is 0.701. The molecule has 2 rings (SSSR count). The number of nitrogens with one attached hydrogen (secondary N) is 1. The molecule has 0 aromatic heterocycles. The van der Waals surface area contributed by atoms with E-state index in [0.29, 0.717) is 17.9 Å². The van der Waals surface area contributed by atoms with E-state index in [0.717, 1.165) is 6.42 Å². The normalized spacial score (nSPS) is 23.8. The fourth-order valence-electron chi connectivity index (χ4n) is 2.84. The Morgan fingerprint density at radius 1 is 1.30 bits per heavy atom. The summed E-state index contributed by atoms with van der Waals surface area (Å²) in [5, 5.41) is 2.11. The smallest absolute Gasteiger partial charge is 0.183 e. The Morgan fingerprint density at radius 3 is 2.57 bits per heavy atom. The van der Waals surface area contributed by atoms with Gasteiger partial charge in [-0.3, -0.25) is 0 Å². The molecule has 0 unspecified atom stereocenters. The summed E-state index contributed by atoms with van der Waals surface area (Å²) in [6.45, 7) is 4.30. The van der Waals surface area contributed by atoms with Crippen LogP contribution >= 0.6 is 0 Å². The van der Waals surface area contributed by atoms with Crippen molar-refractivity contribution < 1.29 is 21.6 Å². The Kier molecular flexibility index (Phi) is 5.37. The highest BCUT2D eigenvalue weighted by molar-refractivity contribution is 7.96. The van der Waals surface area contributed by atoms with Gasteiger partial charge in [0.2, 0.25) is 0 Å². The molecular weight excluding hydrogens is 338 g/mol. The number of hydrogen-bond donors (Lipinski definition) is 1. The van der Waals surface area contributed by atoms with Crippen molar-refractivity contribution in [1.82, 2.24) is 5.32 Å². The minimum atomic E-state index is -3.73. The molecule has 6 nitrogen and oxygen atoms in total. The molecule has 1 saturated heterocycles. The van der Waals surface area contributed by atoms with Crippen molar-refractivity contribution in [3.05, 3.63) is 23.8 Å². The molecule has 0 amide bonds. The fraction of sp³-hybridized carbons (Fsp3) is 0.600. The molecule has 23 heavy (non-hydrogen) atoms. The van der Waals surface area contributed by atoms with Crippen LogP contribution in [-0.2, 0) is 19.7 Å². The van der Waals surface area contributed by atoms with Gasteiger partial charge in [0.15, 0.2) is 19.7 Å². The molecule has 0 radical (unpaired) electrons. The Morgan fingerprint density at radius 2 is 2.00 bits per heavy atom. The van der Waals surface area contributed by atoms with Crippen LogP contribution in [0.3, 0.4) is 0 Å². The Balaban J connectivity index is 2.38. The van der Waals surface area contributed by atoms with E-state index >= 15 is 0 Å². The highest BCUT2D eigenvalue weighted by Crippen LogP contribution is 2.29. The first-order valence-electron chi connectivity index (χ1n) is 7.53. The van der Waals surface area contributed by atoms with Crippen LogP contribution in [-0.4, -0.2) is 53.3 Å². The summed E-state index contributed by atoms with van der Waals surface area (Å²) >= 11 is 0. The zero-order chi connectivity index (χ0) is 17.3. The van der Waals surface area contributed by atoms with E-state index in [9.17, 15) is 16.8 Å². The molecule has 1 heterocycles. The standard InChI is InChI=1S/C15H23NO5S2/c1-4-7-16-13-9-22(17,18)10-15(13)23(19,20)12-5-6-14(21-3)11(2)8-12/h5-6,8,13,15-16H,4,7,9-10H2,1-3H3/t13-,15-/m0/s1. The third kappa shape index (κ3) is 3.87. The number of benzene rings is 1. The molecule has 0 aliphatic carbocycles. The van der Waals surface area contributed by atoms with E-state index in [2.05, 4.69) is 5.32 Å². The molecule has 1 N–H and O–H groups in total. The first-order valence-corrected chi connectivity index (χ1v) is 10.9. The molecule has 0 spiro atoms. The minimum absolute atomic E-state index is 0.133. The van der Waals surface area contributed by atoms with E-state index in [4.69, 9.17) is 4.74 Å². The van der Waals surface area contributed by atoms with E-state index in [-0.39, 0.29) is 16.4 Å². The molecule has 2 atom stereocenters. The quantitative estimate of drug-likeness (QED) is 0.811. The minimum Gasteiger partial charge on any atom is -0.496 e. The van der Waals surface area contributed by atoms with Gasteiger partial charge in [0.25, 0.3) is 0 Å². The summed E-state index contributed by atoms with van der Waals surface area (Å²) in [6.07, 6.45) is 0.810. The maximum Gasteiger partial charge on any atom is 0.183 e. The SMILES string of the molecule is CCCN[C@H]1CS(=O)(=O)C[C@@H]1S(=O)(=O)c1ccc(OC)c(C)c1. The van der Waals surface area contributed by atoms with Crippen molar-refractivity contribution in [2.75, 3.05) is 25.2 Å². The lowest BCUT2D eigenvalue weighted by Crippen LogP contribution is -2.43. The van der Waals surface area contributed by atoms with Crippen LogP contribution in [0.25, 0.3) is 0 Å². The lowest BCUT2D eigenvalue weighted by atomic mass is 10.2. The molecule has 1 aliphatic rings. The number of methoxy groups -OCH3 is 1. The van der Waals surface area contributed by atoms with E-state index < -0.39 is 31.0 Å². The highest BCUT2D eigenvalue weighted by Gasteiger charge is 2.45. The van der Waals surface area contributed by atoms with Crippen molar-refractivity contribution in [1.29, 1.82) is 0 Å². The second kappa shape index (κ2) is 6.78. The van der Waals surface area contributed by atoms with Gasteiger partial charge in [-0.15, -0.1) is 0 Å². The topological polar surface area (TPSA) is 89.5 Å². The molecular formula is C15H23NO5S2. The van der Waals surface area contributed by atoms with Crippen LogP contribution in [0.2, 0.25) is 0 Å². The zero-order valence-electron chi connectivity index (χ0n) is 13.6. The second-order valence-corrected chi connectivity index (χ2v) is 10.2. The second-order valence-electron chi connectivity index (χ2n) is 5.85. The first-order chi connectivity index (χ1) is 10.7. The molecule has 8 heteroatoms. The average molecular weight is 361 g/mol. The van der Waals surface area contributed by atoms with Gasteiger partial charge in [-0.1, -0.05) is 6.92 Å². The molecule has 1 fully saturated rings. The molecule has 1 aromatic carbocycles. The summed E-state index contributed by atoms with van der Waals surface area (Å²) in [6, 6.07) is 4.05. The number of rotatable bonds is 6. The van der Waals surface area contributed by atoms with Crippen LogP contribution in [0, 0.1) is 6.92 Å². The lowest BCUT2D eigenvalue weighted by molar-refractivity contribution is 0.411. The van der Waals surface area contributed by atoms with Gasteiger partial charge in [0.05, 0.1) is 28.8 Å². The Bertz CT molecular complexity index is 771. The molecule has 130 valence electrons. The van der Waals surface area contributed by atoms with Crippen LogP contribution in [0.15, 0.2) is 23.1 Å². The molecule has 1 aliphatic heterocycles. The summed E-state index contributed by atoms with van der Waals surface area (Å²) in [4.78, 5) is 0.140. The van der Waals surface area contributed by atoms with Gasteiger partial charge in [-0.05, 0) is 43.7 Å². The highest BCUT2D eigenvalue weighted by atomic mass is 32.2. The van der Waals surface area contributed by atoms with Crippen molar-refractivity contribution in [3.63, 3.8) is 0 Å². The van der Waals surface area contributed by atoms with Crippen molar-refractivity contribution in [2.24, 2.45) is 0 Å². The number of ether oxygens (including phenoxy) is 1. The monoisotopic (exact) mass is 361 g/mol. The average Bonchev–Trinajstić information content (AvgIpc) is 2.80. The Labute approximate surface area is 138 Å². The first kappa shape index (κ1) is 18.2. The third-order valence-electron chi connectivity index (χ3n) is 4.05. The largest absolute Gasteiger partial charge is 0.496 e. The van der Waals surface area contributed by atoms with Gasteiger partial charge in [-0.2, -0.15) is 0 Å². The predicted octanol–water partition coefficient (Wildman–Crippen LogP) is 0.943. The number of sulfone groups is 2. The maximum atomic E-state index is 12.9. The fourth-order valence-corrected chi connectivity index (χ4v) is 7.64. The van der Waals surface area contributed by atoms with Crippen LogP contribution in [0.1, 0.15) is 18.9 Å².